The van der Waals surface area contributed by atoms with E-state index in [4.69, 9.17) is 9.88 Å². The Labute approximate surface area is 109 Å². The molecule has 0 heterocycles. The zero-order chi connectivity index (χ0) is 13.8. The number of benzene rings is 1. The van der Waals surface area contributed by atoms with Gasteiger partial charge in [-0.1, -0.05) is 19.8 Å². The van der Waals surface area contributed by atoms with Crippen molar-refractivity contribution >= 4 is 10.0 Å². The van der Waals surface area contributed by atoms with E-state index in [1.807, 2.05) is 13.8 Å². The maximum atomic E-state index is 11.3. The number of unbranched alkanes of at least 4 members (excludes halogenated alkanes) is 2. The number of primary sulfonamides is 1. The van der Waals surface area contributed by atoms with Crippen molar-refractivity contribution in [1.29, 1.82) is 0 Å². The molecule has 0 atom stereocenters. The van der Waals surface area contributed by atoms with Crippen molar-refractivity contribution in [2.24, 2.45) is 5.14 Å². The number of rotatable bonds is 6. The average molecular weight is 271 g/mol. The van der Waals surface area contributed by atoms with Crippen LogP contribution in [-0.4, -0.2) is 15.0 Å². The molecule has 0 unspecified atom stereocenters. The van der Waals surface area contributed by atoms with Crippen molar-refractivity contribution in [2.45, 2.75) is 44.9 Å². The number of aryl methyl sites for hydroxylation is 2. The van der Waals surface area contributed by atoms with Gasteiger partial charge >= 0.3 is 0 Å². The summed E-state index contributed by atoms with van der Waals surface area (Å²) in [6, 6.07) is 3.11. The van der Waals surface area contributed by atoms with Crippen LogP contribution in [-0.2, 0) is 10.0 Å². The molecule has 0 fully saturated rings. The number of hydrogen-bond donors (Lipinski definition) is 1. The van der Waals surface area contributed by atoms with Crippen molar-refractivity contribution < 1.29 is 13.2 Å². The van der Waals surface area contributed by atoms with Crippen molar-refractivity contribution in [1.82, 2.24) is 0 Å². The largest absolute Gasteiger partial charge is 0.493 e. The van der Waals surface area contributed by atoms with Gasteiger partial charge in [0.05, 0.1) is 11.5 Å². The van der Waals surface area contributed by atoms with Crippen LogP contribution >= 0.6 is 0 Å². The first-order valence-electron chi connectivity index (χ1n) is 6.13. The minimum absolute atomic E-state index is 0.137. The fourth-order valence-corrected chi connectivity index (χ4v) is 2.51. The van der Waals surface area contributed by atoms with Gasteiger partial charge in [-0.2, -0.15) is 0 Å². The second-order valence-corrected chi connectivity index (χ2v) is 6.05. The summed E-state index contributed by atoms with van der Waals surface area (Å²) in [5.74, 6) is 0.763. The van der Waals surface area contributed by atoms with Crippen molar-refractivity contribution in [3.05, 3.63) is 23.3 Å². The van der Waals surface area contributed by atoms with Gasteiger partial charge in [0.15, 0.2) is 0 Å². The lowest BCUT2D eigenvalue weighted by Crippen LogP contribution is -2.13. The molecule has 0 aliphatic rings. The molecule has 0 radical (unpaired) electrons. The monoisotopic (exact) mass is 271 g/mol. The van der Waals surface area contributed by atoms with Crippen LogP contribution in [0.15, 0.2) is 17.0 Å². The molecule has 1 aromatic rings. The molecule has 0 amide bonds. The summed E-state index contributed by atoms with van der Waals surface area (Å²) in [6.07, 6.45) is 3.28. The van der Waals surface area contributed by atoms with E-state index in [2.05, 4.69) is 6.92 Å². The first-order valence-corrected chi connectivity index (χ1v) is 7.67. The predicted molar refractivity (Wildman–Crippen MR) is 72.3 cm³/mol. The third-order valence-corrected chi connectivity index (χ3v) is 3.65. The normalized spacial score (nSPS) is 11.6. The molecule has 5 heteroatoms. The van der Waals surface area contributed by atoms with Gasteiger partial charge in [-0.15, -0.1) is 0 Å². The quantitative estimate of drug-likeness (QED) is 0.808. The molecule has 4 nitrogen and oxygen atoms in total. The molecule has 0 spiro atoms. The first kappa shape index (κ1) is 15.0. The van der Waals surface area contributed by atoms with E-state index in [-0.39, 0.29) is 4.90 Å². The molecule has 0 saturated carbocycles. The molecule has 0 bridgehead atoms. The van der Waals surface area contributed by atoms with Crippen molar-refractivity contribution in [2.75, 3.05) is 6.61 Å². The van der Waals surface area contributed by atoms with Crippen LogP contribution in [0.25, 0.3) is 0 Å². The maximum Gasteiger partial charge on any atom is 0.238 e. The minimum atomic E-state index is -3.65. The number of ether oxygens (including phenoxy) is 1. The fraction of sp³-hybridized carbons (Fsp3) is 0.538. The summed E-state index contributed by atoms with van der Waals surface area (Å²) in [6.45, 7) is 6.45. The van der Waals surface area contributed by atoms with Gasteiger partial charge in [-0.05, 0) is 43.5 Å². The lowest BCUT2D eigenvalue weighted by Gasteiger charge is -2.13. The Hall–Kier alpha value is -1.07. The molecule has 18 heavy (non-hydrogen) atoms. The topological polar surface area (TPSA) is 69.4 Å². The van der Waals surface area contributed by atoms with Gasteiger partial charge in [0, 0.05) is 0 Å². The van der Waals surface area contributed by atoms with Gasteiger partial charge < -0.3 is 4.74 Å². The lowest BCUT2D eigenvalue weighted by molar-refractivity contribution is 0.302. The highest BCUT2D eigenvalue weighted by Crippen LogP contribution is 2.26. The van der Waals surface area contributed by atoms with Crippen LogP contribution < -0.4 is 9.88 Å². The molecule has 1 rings (SSSR count). The summed E-state index contributed by atoms with van der Waals surface area (Å²) in [5, 5.41) is 5.12. The van der Waals surface area contributed by atoms with Gasteiger partial charge in [-0.25, -0.2) is 13.6 Å². The molecule has 1 aromatic carbocycles. The highest BCUT2D eigenvalue weighted by atomic mass is 32.2. The van der Waals surface area contributed by atoms with Crippen molar-refractivity contribution in [3.63, 3.8) is 0 Å². The van der Waals surface area contributed by atoms with Crippen LogP contribution in [0.4, 0.5) is 0 Å². The van der Waals surface area contributed by atoms with E-state index < -0.39 is 10.0 Å². The highest BCUT2D eigenvalue weighted by molar-refractivity contribution is 7.89. The summed E-state index contributed by atoms with van der Waals surface area (Å²) in [4.78, 5) is 0.137. The Morgan fingerprint density at radius 2 is 1.72 bits per heavy atom. The summed E-state index contributed by atoms with van der Waals surface area (Å²) < 4.78 is 28.3. The third kappa shape index (κ3) is 3.99. The third-order valence-electron chi connectivity index (χ3n) is 2.76. The SMILES string of the molecule is CCCCCOc1c(C)cc(S(N)(=O)=O)cc1C. The molecule has 0 aliphatic carbocycles. The zero-order valence-electron chi connectivity index (χ0n) is 11.2. The first-order chi connectivity index (χ1) is 8.36. The van der Waals surface area contributed by atoms with Crippen LogP contribution in [0.3, 0.4) is 0 Å². The van der Waals surface area contributed by atoms with Crippen molar-refractivity contribution in [3.8, 4) is 5.75 Å². The molecule has 0 aliphatic heterocycles. The van der Waals surface area contributed by atoms with Gasteiger partial charge in [0.1, 0.15) is 5.75 Å². The number of nitrogens with two attached hydrogens (primary N) is 1. The molecular formula is C13H21NO3S. The van der Waals surface area contributed by atoms with E-state index in [1.165, 1.54) is 0 Å². The summed E-state index contributed by atoms with van der Waals surface area (Å²) in [7, 11) is -3.65. The van der Waals surface area contributed by atoms with E-state index in [9.17, 15) is 8.42 Å². The molecule has 0 aromatic heterocycles. The van der Waals surface area contributed by atoms with E-state index in [0.29, 0.717) is 6.61 Å². The van der Waals surface area contributed by atoms with E-state index in [0.717, 1.165) is 36.1 Å². The molecule has 0 saturated heterocycles. The number of sulfonamides is 1. The summed E-state index contributed by atoms with van der Waals surface area (Å²) >= 11 is 0. The second-order valence-electron chi connectivity index (χ2n) is 4.49. The highest BCUT2D eigenvalue weighted by Gasteiger charge is 2.13. The number of hydrogen-bond acceptors (Lipinski definition) is 3. The van der Waals surface area contributed by atoms with Crippen LogP contribution in [0.1, 0.15) is 37.3 Å². The van der Waals surface area contributed by atoms with E-state index in [1.54, 1.807) is 12.1 Å². The molecular weight excluding hydrogens is 250 g/mol. The zero-order valence-corrected chi connectivity index (χ0v) is 12.0. The summed E-state index contributed by atoms with van der Waals surface area (Å²) in [5.41, 5.74) is 1.60. The lowest BCUT2D eigenvalue weighted by atomic mass is 10.1. The standard InChI is InChI=1S/C13H21NO3S/c1-4-5-6-7-17-13-10(2)8-12(9-11(13)3)18(14,15)16/h8-9H,4-7H2,1-3H3,(H2,14,15,16). The minimum Gasteiger partial charge on any atom is -0.493 e. The average Bonchev–Trinajstić information content (AvgIpc) is 2.25. The maximum absolute atomic E-state index is 11.3. The second kappa shape index (κ2) is 6.20. The Bertz CT molecular complexity index is 486. The Kier molecular flexibility index (Phi) is 5.16. The van der Waals surface area contributed by atoms with Crippen LogP contribution in [0.2, 0.25) is 0 Å². The molecule has 2 N–H and O–H groups in total. The van der Waals surface area contributed by atoms with Crippen LogP contribution in [0, 0.1) is 13.8 Å². The smallest absolute Gasteiger partial charge is 0.238 e. The Morgan fingerprint density at radius 3 is 2.17 bits per heavy atom. The van der Waals surface area contributed by atoms with Gasteiger partial charge in [0.2, 0.25) is 10.0 Å². The Morgan fingerprint density at radius 1 is 1.17 bits per heavy atom. The molecule has 102 valence electrons. The van der Waals surface area contributed by atoms with Gasteiger partial charge in [-0.3, -0.25) is 0 Å². The van der Waals surface area contributed by atoms with Crippen LogP contribution in [0.5, 0.6) is 5.75 Å². The Balaban J connectivity index is 2.88. The fourth-order valence-electron chi connectivity index (χ4n) is 1.83. The van der Waals surface area contributed by atoms with E-state index >= 15 is 0 Å². The van der Waals surface area contributed by atoms with Gasteiger partial charge in [0.25, 0.3) is 0 Å². The predicted octanol–water partition coefficient (Wildman–Crippen LogP) is 2.52.